The lowest BCUT2D eigenvalue weighted by Crippen LogP contribution is -2.00. The van der Waals surface area contributed by atoms with Gasteiger partial charge in [-0.15, -0.1) is 0 Å². The van der Waals surface area contributed by atoms with Crippen molar-refractivity contribution in [1.29, 1.82) is 0 Å². The van der Waals surface area contributed by atoms with Gasteiger partial charge in [-0.2, -0.15) is 0 Å². The number of carbonyl (C=O) groups is 1. The molecule has 3 nitrogen and oxygen atoms in total. The Balaban J connectivity index is 2.08. The summed E-state index contributed by atoms with van der Waals surface area (Å²) in [7, 11) is 0. The van der Waals surface area contributed by atoms with E-state index in [1.165, 1.54) is 0 Å². The molecule has 0 aliphatic rings. The smallest absolute Gasteiger partial charge is 0.213 e. The van der Waals surface area contributed by atoms with E-state index in [9.17, 15) is 4.79 Å². The minimum atomic E-state index is 0.353. The first-order chi connectivity index (χ1) is 7.90. The molecule has 0 aliphatic heterocycles. The highest BCUT2D eigenvalue weighted by Gasteiger charge is 2.01. The molecule has 2 rings (SSSR count). The van der Waals surface area contributed by atoms with Gasteiger partial charge in [0.25, 0.3) is 0 Å². The Labute approximate surface area is 93.7 Å². The van der Waals surface area contributed by atoms with Gasteiger partial charge in [0.2, 0.25) is 5.88 Å². The SMILES string of the molecule is O=Cc1ccccc1COc1ccccn1. The van der Waals surface area contributed by atoms with Crippen LogP contribution in [0.4, 0.5) is 0 Å². The monoisotopic (exact) mass is 213 g/mol. The van der Waals surface area contributed by atoms with Crippen molar-refractivity contribution in [1.82, 2.24) is 4.98 Å². The summed E-state index contributed by atoms with van der Waals surface area (Å²) >= 11 is 0. The van der Waals surface area contributed by atoms with Crippen LogP contribution in [-0.4, -0.2) is 11.3 Å². The maximum atomic E-state index is 10.8. The molecule has 0 spiro atoms. The molecule has 0 saturated carbocycles. The number of benzene rings is 1. The first-order valence-electron chi connectivity index (χ1n) is 4.97. The molecule has 2 aromatic rings. The molecule has 1 aromatic carbocycles. The Morgan fingerprint density at radius 1 is 1.12 bits per heavy atom. The van der Waals surface area contributed by atoms with Crippen LogP contribution in [0.2, 0.25) is 0 Å². The maximum absolute atomic E-state index is 10.8. The topological polar surface area (TPSA) is 39.2 Å². The Morgan fingerprint density at radius 3 is 2.69 bits per heavy atom. The summed E-state index contributed by atoms with van der Waals surface area (Å²) in [5.74, 6) is 0.559. The molecule has 0 amide bonds. The van der Waals surface area contributed by atoms with Gasteiger partial charge in [0.15, 0.2) is 0 Å². The fraction of sp³-hybridized carbons (Fsp3) is 0.0769. The number of ether oxygens (including phenoxy) is 1. The molecule has 0 radical (unpaired) electrons. The molecule has 1 heterocycles. The van der Waals surface area contributed by atoms with Crippen molar-refractivity contribution in [3.63, 3.8) is 0 Å². The number of rotatable bonds is 4. The zero-order chi connectivity index (χ0) is 11.2. The van der Waals surface area contributed by atoms with Gasteiger partial charge in [-0.3, -0.25) is 4.79 Å². The number of aldehydes is 1. The van der Waals surface area contributed by atoms with Crippen molar-refractivity contribution in [2.75, 3.05) is 0 Å². The Bertz CT molecular complexity index is 468. The van der Waals surface area contributed by atoms with Crippen LogP contribution in [0.25, 0.3) is 0 Å². The third-order valence-corrected chi connectivity index (χ3v) is 2.20. The summed E-state index contributed by atoms with van der Waals surface area (Å²) in [5, 5.41) is 0. The molecule has 16 heavy (non-hydrogen) atoms. The van der Waals surface area contributed by atoms with E-state index in [-0.39, 0.29) is 0 Å². The average Bonchev–Trinajstić information content (AvgIpc) is 2.38. The van der Waals surface area contributed by atoms with E-state index in [1.807, 2.05) is 30.3 Å². The van der Waals surface area contributed by atoms with Crippen LogP contribution in [0.3, 0.4) is 0 Å². The third kappa shape index (κ3) is 2.45. The number of aromatic nitrogens is 1. The zero-order valence-corrected chi connectivity index (χ0v) is 8.67. The molecule has 80 valence electrons. The molecule has 3 heteroatoms. The van der Waals surface area contributed by atoms with Gasteiger partial charge in [0, 0.05) is 17.8 Å². The molecule has 0 aliphatic carbocycles. The zero-order valence-electron chi connectivity index (χ0n) is 8.67. The van der Waals surface area contributed by atoms with Crippen LogP contribution in [0.5, 0.6) is 5.88 Å². The minimum absolute atomic E-state index is 0.353. The number of carbonyl (C=O) groups excluding carboxylic acids is 1. The Kier molecular flexibility index (Phi) is 3.28. The van der Waals surface area contributed by atoms with E-state index >= 15 is 0 Å². The second-order valence-electron chi connectivity index (χ2n) is 3.27. The molecular weight excluding hydrogens is 202 g/mol. The largest absolute Gasteiger partial charge is 0.473 e. The molecule has 0 fully saturated rings. The van der Waals surface area contributed by atoms with Crippen LogP contribution < -0.4 is 4.74 Å². The molecule has 0 N–H and O–H groups in total. The van der Waals surface area contributed by atoms with Crippen LogP contribution in [0, 0.1) is 0 Å². The lowest BCUT2D eigenvalue weighted by molar-refractivity contribution is 0.112. The third-order valence-electron chi connectivity index (χ3n) is 2.20. The first-order valence-corrected chi connectivity index (χ1v) is 4.97. The summed E-state index contributed by atoms with van der Waals surface area (Å²) in [6.07, 6.45) is 2.50. The van der Waals surface area contributed by atoms with Gasteiger partial charge in [0.05, 0.1) is 0 Å². The highest BCUT2D eigenvalue weighted by Crippen LogP contribution is 2.11. The van der Waals surface area contributed by atoms with Gasteiger partial charge >= 0.3 is 0 Å². The Morgan fingerprint density at radius 2 is 1.94 bits per heavy atom. The van der Waals surface area contributed by atoms with E-state index < -0.39 is 0 Å². The van der Waals surface area contributed by atoms with E-state index in [0.717, 1.165) is 11.8 Å². The fourth-order valence-corrected chi connectivity index (χ4v) is 1.36. The van der Waals surface area contributed by atoms with Gasteiger partial charge in [0.1, 0.15) is 12.9 Å². The lowest BCUT2D eigenvalue weighted by Gasteiger charge is -2.06. The molecule has 0 saturated heterocycles. The summed E-state index contributed by atoms with van der Waals surface area (Å²) in [6.45, 7) is 0.353. The van der Waals surface area contributed by atoms with Crippen molar-refractivity contribution >= 4 is 6.29 Å². The number of hydrogen-bond acceptors (Lipinski definition) is 3. The molecule has 1 aromatic heterocycles. The maximum Gasteiger partial charge on any atom is 0.213 e. The van der Waals surface area contributed by atoms with E-state index in [0.29, 0.717) is 18.1 Å². The van der Waals surface area contributed by atoms with E-state index in [4.69, 9.17) is 4.74 Å². The van der Waals surface area contributed by atoms with Crippen molar-refractivity contribution < 1.29 is 9.53 Å². The van der Waals surface area contributed by atoms with Gasteiger partial charge < -0.3 is 4.74 Å². The van der Waals surface area contributed by atoms with E-state index in [2.05, 4.69) is 4.98 Å². The quantitative estimate of drug-likeness (QED) is 0.732. The second kappa shape index (κ2) is 5.07. The average molecular weight is 213 g/mol. The molecule has 0 unspecified atom stereocenters. The first kappa shape index (κ1) is 10.4. The van der Waals surface area contributed by atoms with Gasteiger partial charge in [-0.25, -0.2) is 4.98 Å². The number of nitrogens with zero attached hydrogens (tertiary/aromatic N) is 1. The van der Waals surface area contributed by atoms with Crippen LogP contribution in [0.1, 0.15) is 15.9 Å². The molecule has 0 bridgehead atoms. The number of hydrogen-bond donors (Lipinski definition) is 0. The van der Waals surface area contributed by atoms with Crippen LogP contribution in [-0.2, 0) is 6.61 Å². The summed E-state index contributed by atoms with van der Waals surface area (Å²) in [5.41, 5.74) is 1.52. The standard InChI is InChI=1S/C13H11NO2/c15-9-11-5-1-2-6-12(11)10-16-13-7-3-4-8-14-13/h1-9H,10H2. The van der Waals surface area contributed by atoms with Crippen LogP contribution >= 0.6 is 0 Å². The summed E-state index contributed by atoms with van der Waals surface area (Å²) in [4.78, 5) is 14.8. The van der Waals surface area contributed by atoms with Crippen molar-refractivity contribution in [2.24, 2.45) is 0 Å². The summed E-state index contributed by atoms with van der Waals surface area (Å²) < 4.78 is 5.46. The predicted molar refractivity (Wildman–Crippen MR) is 60.4 cm³/mol. The highest BCUT2D eigenvalue weighted by atomic mass is 16.5. The normalized spacial score (nSPS) is 9.75. The number of pyridine rings is 1. The molecular formula is C13H11NO2. The predicted octanol–water partition coefficient (Wildman–Crippen LogP) is 2.47. The molecule has 0 atom stereocenters. The Hall–Kier alpha value is -2.16. The lowest BCUT2D eigenvalue weighted by atomic mass is 10.1. The fourth-order valence-electron chi connectivity index (χ4n) is 1.36. The highest BCUT2D eigenvalue weighted by molar-refractivity contribution is 5.77. The van der Waals surface area contributed by atoms with Gasteiger partial charge in [-0.1, -0.05) is 30.3 Å². The van der Waals surface area contributed by atoms with Crippen molar-refractivity contribution in [3.05, 3.63) is 59.8 Å². The van der Waals surface area contributed by atoms with Gasteiger partial charge in [-0.05, 0) is 11.6 Å². The van der Waals surface area contributed by atoms with Crippen LogP contribution in [0.15, 0.2) is 48.7 Å². The minimum Gasteiger partial charge on any atom is -0.473 e. The summed E-state index contributed by atoms with van der Waals surface area (Å²) in [6, 6.07) is 12.8. The van der Waals surface area contributed by atoms with Crippen molar-refractivity contribution in [2.45, 2.75) is 6.61 Å². The van der Waals surface area contributed by atoms with Crippen molar-refractivity contribution in [3.8, 4) is 5.88 Å². The second-order valence-corrected chi connectivity index (χ2v) is 3.27. The van der Waals surface area contributed by atoms with E-state index in [1.54, 1.807) is 18.3 Å².